The number of aromatic nitrogens is 5. The average Bonchev–Trinajstić information content (AvgIpc) is 3.25. The Bertz CT molecular complexity index is 3270. The van der Waals surface area contributed by atoms with E-state index in [1.165, 1.54) is 0 Å². The van der Waals surface area contributed by atoms with Gasteiger partial charge < -0.3 is 0 Å². The van der Waals surface area contributed by atoms with Crippen LogP contribution in [-0.4, -0.2) is 24.9 Å². The number of hydrogen-bond donors (Lipinski definition) is 0. The third-order valence-electron chi connectivity index (χ3n) is 10.4. The number of pyridine rings is 5. The fraction of sp³-hybridized carbons (Fsp3) is 0. The monoisotopic (exact) mass is 687 g/mol. The zero-order chi connectivity index (χ0) is 35.6. The van der Waals surface area contributed by atoms with Gasteiger partial charge in [0.1, 0.15) is 0 Å². The molecule has 5 aromatic heterocycles. The quantitative estimate of drug-likeness (QED) is 0.136. The first kappa shape index (κ1) is 30.3. The number of benzene rings is 6. The van der Waals surface area contributed by atoms with E-state index in [4.69, 9.17) is 24.9 Å². The second-order valence-electron chi connectivity index (χ2n) is 13.7. The Morgan fingerprint density at radius 2 is 0.722 bits per heavy atom. The molecule has 0 aliphatic rings. The Hall–Kier alpha value is -7.37. The van der Waals surface area contributed by atoms with Crippen LogP contribution in [0.15, 0.2) is 176 Å². The number of hydrogen-bond acceptors (Lipinski definition) is 5. The van der Waals surface area contributed by atoms with E-state index >= 15 is 0 Å². The summed E-state index contributed by atoms with van der Waals surface area (Å²) in [6.45, 7) is 0. The van der Waals surface area contributed by atoms with Crippen molar-refractivity contribution in [1.82, 2.24) is 24.9 Å². The summed E-state index contributed by atoms with van der Waals surface area (Å²) in [6, 6.07) is 60.8. The van der Waals surface area contributed by atoms with E-state index < -0.39 is 0 Å². The Balaban J connectivity index is 1.05. The summed E-state index contributed by atoms with van der Waals surface area (Å²) in [5.41, 5.74) is 13.2. The molecule has 0 saturated heterocycles. The minimum atomic E-state index is 0.870. The highest BCUT2D eigenvalue weighted by Crippen LogP contribution is 2.36. The molecule has 0 bridgehead atoms. The molecule has 11 aromatic rings. The standard InChI is InChI=1S/C49H29N5/c1-3-10-30(11-4-1)40-25-22-32-18-19-33-23-26-41(51-46(33)45(32)50-40)35-14-9-15-36(28-35)42-27-24-34-20-21-37-29-39-44(31-12-5-2-6-13-31)53-43-17-8-7-16-38(43)49(39)54-48(37)47(34)52-42/h1-29H. The normalized spacial score (nSPS) is 11.7. The molecule has 0 saturated carbocycles. The number of para-hydroxylation sites is 1. The predicted molar refractivity (Wildman–Crippen MR) is 222 cm³/mol. The molecule has 11 rings (SSSR count). The molecule has 250 valence electrons. The fourth-order valence-corrected chi connectivity index (χ4v) is 7.67. The SMILES string of the molecule is c1ccc(-c2ccc3ccc4ccc(-c5cccc(-c6ccc7ccc8cc9c(-c%10ccccc%10)nc%10ccccc%10c9nc8c7n6)c5)nc4c3n2)cc1. The van der Waals surface area contributed by atoms with Crippen LogP contribution < -0.4 is 0 Å². The van der Waals surface area contributed by atoms with Gasteiger partial charge in [0.05, 0.1) is 55.9 Å². The molecule has 0 fully saturated rings. The van der Waals surface area contributed by atoms with Crippen LogP contribution in [-0.2, 0) is 0 Å². The molecule has 5 heterocycles. The molecular formula is C49H29N5. The summed E-state index contributed by atoms with van der Waals surface area (Å²) in [6.07, 6.45) is 0. The van der Waals surface area contributed by atoms with Crippen LogP contribution in [0.5, 0.6) is 0 Å². The number of nitrogens with zero attached hydrogens (tertiary/aromatic N) is 5. The van der Waals surface area contributed by atoms with Crippen LogP contribution in [0.2, 0.25) is 0 Å². The molecule has 5 heteroatoms. The van der Waals surface area contributed by atoms with Gasteiger partial charge in [0.15, 0.2) is 0 Å². The van der Waals surface area contributed by atoms with Crippen molar-refractivity contribution >= 4 is 65.4 Å². The first-order valence-electron chi connectivity index (χ1n) is 18.1. The minimum Gasteiger partial charge on any atom is -0.247 e. The van der Waals surface area contributed by atoms with Crippen molar-refractivity contribution in [3.8, 4) is 45.0 Å². The van der Waals surface area contributed by atoms with Gasteiger partial charge in [-0.15, -0.1) is 0 Å². The van der Waals surface area contributed by atoms with E-state index in [1.54, 1.807) is 0 Å². The minimum absolute atomic E-state index is 0.870. The summed E-state index contributed by atoms with van der Waals surface area (Å²) in [4.78, 5) is 26.1. The van der Waals surface area contributed by atoms with Crippen LogP contribution in [0.4, 0.5) is 0 Å². The van der Waals surface area contributed by atoms with Gasteiger partial charge in [-0.05, 0) is 36.4 Å². The van der Waals surface area contributed by atoms with Gasteiger partial charge in [-0.3, -0.25) is 0 Å². The second kappa shape index (κ2) is 12.1. The third-order valence-corrected chi connectivity index (χ3v) is 10.4. The lowest BCUT2D eigenvalue weighted by Gasteiger charge is -2.12. The molecule has 0 unspecified atom stereocenters. The molecule has 5 nitrogen and oxygen atoms in total. The van der Waals surface area contributed by atoms with Crippen LogP contribution in [0.3, 0.4) is 0 Å². The smallest absolute Gasteiger partial charge is 0.0972 e. The average molecular weight is 688 g/mol. The summed E-state index contributed by atoms with van der Waals surface area (Å²) in [7, 11) is 0. The van der Waals surface area contributed by atoms with Crippen molar-refractivity contribution in [2.45, 2.75) is 0 Å². The van der Waals surface area contributed by atoms with Crippen molar-refractivity contribution in [2.75, 3.05) is 0 Å². The molecule has 0 amide bonds. The Morgan fingerprint density at radius 1 is 0.259 bits per heavy atom. The summed E-state index contributed by atoms with van der Waals surface area (Å²) in [5, 5.41) is 6.24. The van der Waals surface area contributed by atoms with Crippen LogP contribution in [0.25, 0.3) is 110 Å². The van der Waals surface area contributed by atoms with E-state index in [1.807, 2.05) is 30.3 Å². The van der Waals surface area contributed by atoms with Gasteiger partial charge >= 0.3 is 0 Å². The summed E-state index contributed by atoms with van der Waals surface area (Å²) < 4.78 is 0. The van der Waals surface area contributed by atoms with E-state index in [0.717, 1.165) is 110 Å². The van der Waals surface area contributed by atoms with Gasteiger partial charge in [0.25, 0.3) is 0 Å². The molecule has 0 aliphatic carbocycles. The maximum atomic E-state index is 5.38. The van der Waals surface area contributed by atoms with Crippen LogP contribution in [0, 0.1) is 0 Å². The van der Waals surface area contributed by atoms with E-state index in [0.29, 0.717) is 0 Å². The highest BCUT2D eigenvalue weighted by Gasteiger charge is 2.16. The molecule has 0 aliphatic heterocycles. The van der Waals surface area contributed by atoms with Crippen molar-refractivity contribution in [3.05, 3.63) is 176 Å². The Labute approximate surface area is 310 Å². The lowest BCUT2D eigenvalue weighted by molar-refractivity contribution is 1.36. The Morgan fingerprint density at radius 3 is 1.33 bits per heavy atom. The highest BCUT2D eigenvalue weighted by atomic mass is 14.8. The third kappa shape index (κ3) is 4.98. The second-order valence-corrected chi connectivity index (χ2v) is 13.7. The van der Waals surface area contributed by atoms with Crippen LogP contribution >= 0.6 is 0 Å². The fourth-order valence-electron chi connectivity index (χ4n) is 7.67. The number of rotatable bonds is 4. The zero-order valence-corrected chi connectivity index (χ0v) is 29.0. The van der Waals surface area contributed by atoms with Crippen molar-refractivity contribution in [2.24, 2.45) is 0 Å². The van der Waals surface area contributed by atoms with Crippen LogP contribution in [0.1, 0.15) is 0 Å². The molecule has 0 N–H and O–H groups in total. The lowest BCUT2D eigenvalue weighted by Crippen LogP contribution is -1.94. The first-order chi connectivity index (χ1) is 26.7. The van der Waals surface area contributed by atoms with E-state index in [2.05, 4.69) is 146 Å². The summed E-state index contributed by atoms with van der Waals surface area (Å²) in [5.74, 6) is 0. The van der Waals surface area contributed by atoms with Crippen molar-refractivity contribution in [1.29, 1.82) is 0 Å². The van der Waals surface area contributed by atoms with Gasteiger partial charge in [-0.25, -0.2) is 24.9 Å². The zero-order valence-electron chi connectivity index (χ0n) is 29.0. The van der Waals surface area contributed by atoms with Crippen molar-refractivity contribution < 1.29 is 0 Å². The van der Waals surface area contributed by atoms with E-state index in [-0.39, 0.29) is 0 Å². The largest absolute Gasteiger partial charge is 0.247 e. The first-order valence-corrected chi connectivity index (χ1v) is 18.1. The molecule has 0 spiro atoms. The predicted octanol–water partition coefficient (Wildman–Crippen LogP) is 12.2. The summed E-state index contributed by atoms with van der Waals surface area (Å²) >= 11 is 0. The van der Waals surface area contributed by atoms with Gasteiger partial charge in [0.2, 0.25) is 0 Å². The maximum absolute atomic E-state index is 5.38. The highest BCUT2D eigenvalue weighted by molar-refractivity contribution is 6.15. The van der Waals surface area contributed by atoms with E-state index in [9.17, 15) is 0 Å². The topological polar surface area (TPSA) is 64.5 Å². The number of fused-ring (bicyclic) bond motifs is 9. The molecule has 54 heavy (non-hydrogen) atoms. The van der Waals surface area contributed by atoms with Gasteiger partial charge in [0, 0.05) is 54.6 Å². The molecule has 0 atom stereocenters. The lowest BCUT2D eigenvalue weighted by atomic mass is 10.0. The van der Waals surface area contributed by atoms with Gasteiger partial charge in [-0.2, -0.15) is 0 Å². The maximum Gasteiger partial charge on any atom is 0.0972 e. The Kier molecular flexibility index (Phi) is 6.79. The van der Waals surface area contributed by atoms with Crippen molar-refractivity contribution in [3.63, 3.8) is 0 Å². The molecular weight excluding hydrogens is 659 g/mol. The van der Waals surface area contributed by atoms with Gasteiger partial charge in [-0.1, -0.05) is 140 Å². The molecule has 6 aromatic carbocycles. The molecule has 0 radical (unpaired) electrons.